The summed E-state index contributed by atoms with van der Waals surface area (Å²) < 4.78 is 5.11. The van der Waals surface area contributed by atoms with Gasteiger partial charge in [-0.25, -0.2) is 0 Å². The van der Waals surface area contributed by atoms with Crippen molar-refractivity contribution in [3.8, 4) is 0 Å². The highest BCUT2D eigenvalue weighted by atomic mass is 16.3. The molecule has 0 unspecified atom stereocenters. The van der Waals surface area contributed by atoms with Crippen LogP contribution in [0.15, 0.2) is 16.7 Å². The molecule has 1 aromatic heterocycles. The predicted molar refractivity (Wildman–Crippen MR) is 37.8 cm³/mol. The lowest BCUT2D eigenvalue weighted by atomic mass is 10.2. The minimum atomic E-state index is 0.550. The van der Waals surface area contributed by atoms with E-state index in [0.29, 0.717) is 6.42 Å². The van der Waals surface area contributed by atoms with Gasteiger partial charge in [-0.05, 0) is 18.6 Å². The van der Waals surface area contributed by atoms with Gasteiger partial charge in [0, 0.05) is 12.8 Å². The molecular weight excluding hydrogens is 128 g/mol. The summed E-state index contributed by atoms with van der Waals surface area (Å²) in [6.45, 7) is 1.98. The van der Waals surface area contributed by atoms with Crippen LogP contribution in [0.2, 0.25) is 0 Å². The van der Waals surface area contributed by atoms with Crippen molar-refractivity contribution in [3.05, 3.63) is 23.7 Å². The van der Waals surface area contributed by atoms with Crippen LogP contribution in [0.4, 0.5) is 0 Å². The maximum absolute atomic E-state index is 9.97. The molecule has 0 aliphatic rings. The molecule has 0 amide bonds. The van der Waals surface area contributed by atoms with Crippen LogP contribution >= 0.6 is 0 Å². The van der Waals surface area contributed by atoms with Gasteiger partial charge >= 0.3 is 0 Å². The van der Waals surface area contributed by atoms with E-state index < -0.39 is 0 Å². The first kappa shape index (κ1) is 7.06. The van der Waals surface area contributed by atoms with Gasteiger partial charge in [0.25, 0.3) is 0 Å². The van der Waals surface area contributed by atoms with E-state index in [1.165, 1.54) is 0 Å². The summed E-state index contributed by atoms with van der Waals surface area (Å²) in [5, 5.41) is 0. The maximum atomic E-state index is 9.97. The van der Waals surface area contributed by atoms with Crippen LogP contribution in [0, 0.1) is 6.92 Å². The van der Waals surface area contributed by atoms with Crippen LogP contribution in [0.1, 0.15) is 17.7 Å². The third-order valence-corrected chi connectivity index (χ3v) is 1.46. The van der Waals surface area contributed by atoms with Crippen molar-refractivity contribution in [3.63, 3.8) is 0 Å². The fourth-order valence-electron chi connectivity index (χ4n) is 0.850. The van der Waals surface area contributed by atoms with Crippen molar-refractivity contribution in [2.45, 2.75) is 19.8 Å². The first-order chi connectivity index (χ1) is 4.84. The molecular formula is C8H10O2. The lowest BCUT2D eigenvalue weighted by molar-refractivity contribution is -0.107. The molecule has 0 aliphatic carbocycles. The van der Waals surface area contributed by atoms with E-state index >= 15 is 0 Å². The van der Waals surface area contributed by atoms with E-state index in [-0.39, 0.29) is 0 Å². The Morgan fingerprint density at radius 2 is 2.50 bits per heavy atom. The average molecular weight is 138 g/mol. The molecule has 0 fully saturated rings. The number of carbonyl (C=O) groups excluding carboxylic acids is 1. The van der Waals surface area contributed by atoms with E-state index in [4.69, 9.17) is 4.42 Å². The molecule has 0 aromatic carbocycles. The van der Waals surface area contributed by atoms with Gasteiger partial charge in [0.2, 0.25) is 0 Å². The molecule has 0 bridgehead atoms. The Kier molecular flexibility index (Phi) is 2.26. The van der Waals surface area contributed by atoms with Crippen molar-refractivity contribution >= 4 is 6.29 Å². The standard InChI is InChI=1S/C8H10O2/c1-7-4-6-10-8(7)3-2-5-9/h4-6H,2-3H2,1H3. The summed E-state index contributed by atoms with van der Waals surface area (Å²) in [7, 11) is 0. The minimum Gasteiger partial charge on any atom is -0.469 e. The number of carbonyl (C=O) groups is 1. The molecule has 2 heteroatoms. The zero-order chi connectivity index (χ0) is 7.40. The summed E-state index contributed by atoms with van der Waals surface area (Å²) >= 11 is 0. The van der Waals surface area contributed by atoms with E-state index in [2.05, 4.69) is 0 Å². The summed E-state index contributed by atoms with van der Waals surface area (Å²) in [4.78, 5) is 9.97. The molecule has 0 radical (unpaired) electrons. The van der Waals surface area contributed by atoms with Crippen molar-refractivity contribution in [2.75, 3.05) is 0 Å². The van der Waals surface area contributed by atoms with Gasteiger partial charge in [-0.2, -0.15) is 0 Å². The molecule has 2 nitrogen and oxygen atoms in total. The third kappa shape index (κ3) is 1.47. The summed E-state index contributed by atoms with van der Waals surface area (Å²) in [6, 6.07) is 1.90. The van der Waals surface area contributed by atoms with E-state index in [1.807, 2.05) is 13.0 Å². The van der Waals surface area contributed by atoms with E-state index in [1.54, 1.807) is 6.26 Å². The Morgan fingerprint density at radius 3 is 3.00 bits per heavy atom. The van der Waals surface area contributed by atoms with Crippen LogP contribution in [0.3, 0.4) is 0 Å². The molecule has 10 heavy (non-hydrogen) atoms. The second kappa shape index (κ2) is 3.20. The van der Waals surface area contributed by atoms with Gasteiger partial charge in [0.15, 0.2) is 0 Å². The Balaban J connectivity index is 2.56. The number of aldehydes is 1. The van der Waals surface area contributed by atoms with Crippen LogP contribution in [0.25, 0.3) is 0 Å². The Hall–Kier alpha value is -1.05. The molecule has 0 spiro atoms. The largest absolute Gasteiger partial charge is 0.469 e. The SMILES string of the molecule is Cc1ccoc1CCC=O. The number of aryl methyl sites for hydroxylation is 2. The quantitative estimate of drug-likeness (QED) is 0.595. The van der Waals surface area contributed by atoms with Crippen molar-refractivity contribution in [1.82, 2.24) is 0 Å². The van der Waals surface area contributed by atoms with E-state index in [9.17, 15) is 4.79 Å². The second-order valence-electron chi connectivity index (χ2n) is 2.23. The summed E-state index contributed by atoms with van der Waals surface area (Å²) in [6.07, 6.45) is 3.83. The fourth-order valence-corrected chi connectivity index (χ4v) is 0.850. The maximum Gasteiger partial charge on any atom is 0.120 e. The van der Waals surface area contributed by atoms with E-state index in [0.717, 1.165) is 24.0 Å². The molecule has 0 atom stereocenters. The Bertz CT molecular complexity index is 213. The molecule has 0 saturated carbocycles. The molecule has 54 valence electrons. The first-order valence-corrected chi connectivity index (χ1v) is 3.31. The normalized spacial score (nSPS) is 9.70. The lowest BCUT2D eigenvalue weighted by Crippen LogP contribution is -1.84. The number of rotatable bonds is 3. The van der Waals surface area contributed by atoms with Crippen molar-refractivity contribution in [2.24, 2.45) is 0 Å². The topological polar surface area (TPSA) is 30.2 Å². The van der Waals surface area contributed by atoms with Gasteiger partial charge in [0.05, 0.1) is 6.26 Å². The monoisotopic (exact) mass is 138 g/mol. The fraction of sp³-hybridized carbons (Fsp3) is 0.375. The number of hydrogen-bond donors (Lipinski definition) is 0. The van der Waals surface area contributed by atoms with Crippen LogP contribution in [-0.2, 0) is 11.2 Å². The molecule has 0 N–H and O–H groups in total. The summed E-state index contributed by atoms with van der Waals surface area (Å²) in [5.41, 5.74) is 1.13. The molecule has 0 aliphatic heterocycles. The minimum absolute atomic E-state index is 0.550. The van der Waals surface area contributed by atoms with Gasteiger partial charge in [-0.15, -0.1) is 0 Å². The predicted octanol–water partition coefficient (Wildman–Crippen LogP) is 1.72. The van der Waals surface area contributed by atoms with Crippen LogP contribution < -0.4 is 0 Å². The number of hydrogen-bond acceptors (Lipinski definition) is 2. The zero-order valence-corrected chi connectivity index (χ0v) is 5.96. The van der Waals surface area contributed by atoms with Gasteiger partial charge in [-0.3, -0.25) is 0 Å². The van der Waals surface area contributed by atoms with Crippen molar-refractivity contribution in [1.29, 1.82) is 0 Å². The van der Waals surface area contributed by atoms with Crippen LogP contribution in [-0.4, -0.2) is 6.29 Å². The van der Waals surface area contributed by atoms with Gasteiger partial charge < -0.3 is 9.21 Å². The lowest BCUT2D eigenvalue weighted by Gasteiger charge is -1.90. The Morgan fingerprint density at radius 1 is 1.70 bits per heavy atom. The smallest absolute Gasteiger partial charge is 0.120 e. The molecule has 0 saturated heterocycles. The molecule has 1 heterocycles. The number of furan rings is 1. The van der Waals surface area contributed by atoms with Gasteiger partial charge in [0.1, 0.15) is 12.0 Å². The molecule has 1 rings (SSSR count). The van der Waals surface area contributed by atoms with Crippen LogP contribution in [0.5, 0.6) is 0 Å². The summed E-state index contributed by atoms with van der Waals surface area (Å²) in [5.74, 6) is 0.923. The van der Waals surface area contributed by atoms with Crippen molar-refractivity contribution < 1.29 is 9.21 Å². The second-order valence-corrected chi connectivity index (χ2v) is 2.23. The highest BCUT2D eigenvalue weighted by molar-refractivity contribution is 5.49. The highest BCUT2D eigenvalue weighted by Gasteiger charge is 1.99. The molecule has 1 aromatic rings. The highest BCUT2D eigenvalue weighted by Crippen LogP contribution is 2.09. The zero-order valence-electron chi connectivity index (χ0n) is 5.96. The average Bonchev–Trinajstić information content (AvgIpc) is 2.31. The third-order valence-electron chi connectivity index (χ3n) is 1.46. The first-order valence-electron chi connectivity index (χ1n) is 3.31. The Labute approximate surface area is 59.8 Å². The van der Waals surface area contributed by atoms with Gasteiger partial charge in [-0.1, -0.05) is 0 Å².